The van der Waals surface area contributed by atoms with E-state index >= 15 is 0 Å². The zero-order chi connectivity index (χ0) is 13.1. The largest absolute Gasteiger partial charge is 0.507 e. The van der Waals surface area contributed by atoms with Crippen molar-refractivity contribution in [3.63, 3.8) is 0 Å². The standard InChI is InChI=1S/C13H12ClNO2S/c1-8-2-4-10(11(16)6-8)13(17)15-7-9-3-5-12(14)18-9/h2-6,16H,7H2,1H3,(H,15,17). The molecule has 1 aromatic heterocycles. The second-order valence-electron chi connectivity index (χ2n) is 3.91. The minimum atomic E-state index is -0.294. The zero-order valence-corrected chi connectivity index (χ0v) is 11.3. The molecule has 0 aliphatic carbocycles. The van der Waals surface area contributed by atoms with Crippen LogP contribution in [0.3, 0.4) is 0 Å². The number of phenolic OH excluding ortho intramolecular Hbond substituents is 1. The van der Waals surface area contributed by atoms with E-state index in [9.17, 15) is 9.90 Å². The van der Waals surface area contributed by atoms with E-state index in [2.05, 4.69) is 5.32 Å². The van der Waals surface area contributed by atoms with E-state index < -0.39 is 0 Å². The van der Waals surface area contributed by atoms with Gasteiger partial charge in [-0.05, 0) is 36.8 Å². The Balaban J connectivity index is 2.03. The quantitative estimate of drug-likeness (QED) is 0.906. The molecule has 2 aromatic rings. The SMILES string of the molecule is Cc1ccc(C(=O)NCc2ccc(Cl)s2)c(O)c1. The van der Waals surface area contributed by atoms with E-state index in [0.717, 1.165) is 10.4 Å². The van der Waals surface area contributed by atoms with Crippen LogP contribution in [-0.2, 0) is 6.54 Å². The molecule has 0 aliphatic rings. The van der Waals surface area contributed by atoms with Gasteiger partial charge in [0, 0.05) is 4.88 Å². The summed E-state index contributed by atoms with van der Waals surface area (Å²) in [6, 6.07) is 8.62. The number of phenols is 1. The Morgan fingerprint density at radius 2 is 2.17 bits per heavy atom. The Morgan fingerprint density at radius 1 is 1.39 bits per heavy atom. The van der Waals surface area contributed by atoms with Crippen molar-refractivity contribution in [1.29, 1.82) is 0 Å². The summed E-state index contributed by atoms with van der Waals surface area (Å²) in [5, 5.41) is 12.4. The van der Waals surface area contributed by atoms with E-state index in [1.165, 1.54) is 11.3 Å². The van der Waals surface area contributed by atoms with E-state index in [4.69, 9.17) is 11.6 Å². The number of hydrogen-bond acceptors (Lipinski definition) is 3. The summed E-state index contributed by atoms with van der Waals surface area (Å²) >= 11 is 7.22. The van der Waals surface area contributed by atoms with Gasteiger partial charge in [-0.15, -0.1) is 11.3 Å². The number of aryl methyl sites for hydroxylation is 1. The molecule has 2 N–H and O–H groups in total. The molecule has 0 radical (unpaired) electrons. The molecule has 5 heteroatoms. The average molecular weight is 282 g/mol. The Morgan fingerprint density at radius 3 is 2.78 bits per heavy atom. The van der Waals surface area contributed by atoms with Crippen LogP contribution in [0.5, 0.6) is 5.75 Å². The van der Waals surface area contributed by atoms with Gasteiger partial charge < -0.3 is 10.4 Å². The molecule has 18 heavy (non-hydrogen) atoms. The van der Waals surface area contributed by atoms with Crippen molar-refractivity contribution in [1.82, 2.24) is 5.32 Å². The topological polar surface area (TPSA) is 49.3 Å². The summed E-state index contributed by atoms with van der Waals surface area (Å²) in [7, 11) is 0. The fourth-order valence-corrected chi connectivity index (χ4v) is 2.57. The second-order valence-corrected chi connectivity index (χ2v) is 5.71. The van der Waals surface area contributed by atoms with Crippen LogP contribution in [0.1, 0.15) is 20.8 Å². The van der Waals surface area contributed by atoms with Crippen LogP contribution >= 0.6 is 22.9 Å². The number of amides is 1. The van der Waals surface area contributed by atoms with Crippen LogP contribution in [0.4, 0.5) is 0 Å². The fourth-order valence-electron chi connectivity index (χ4n) is 1.54. The predicted octanol–water partition coefficient (Wildman–Crippen LogP) is 3.35. The van der Waals surface area contributed by atoms with Gasteiger partial charge in [0.05, 0.1) is 16.4 Å². The van der Waals surface area contributed by atoms with E-state index in [-0.39, 0.29) is 17.2 Å². The first-order chi connectivity index (χ1) is 8.56. The minimum Gasteiger partial charge on any atom is -0.507 e. The maximum absolute atomic E-state index is 11.9. The molecule has 0 spiro atoms. The third kappa shape index (κ3) is 3.03. The van der Waals surface area contributed by atoms with Crippen LogP contribution < -0.4 is 5.32 Å². The number of carbonyl (C=O) groups is 1. The Kier molecular flexibility index (Phi) is 3.89. The molecule has 1 aromatic carbocycles. The summed E-state index contributed by atoms with van der Waals surface area (Å²) in [5.41, 5.74) is 1.19. The molecule has 0 unspecified atom stereocenters. The van der Waals surface area contributed by atoms with Crippen molar-refractivity contribution in [2.45, 2.75) is 13.5 Å². The molecular formula is C13H12ClNO2S. The third-order valence-corrected chi connectivity index (χ3v) is 3.68. The van der Waals surface area contributed by atoms with Crippen molar-refractivity contribution in [2.75, 3.05) is 0 Å². The Bertz CT molecular complexity index is 580. The summed E-state index contributed by atoms with van der Waals surface area (Å²) in [4.78, 5) is 12.8. The Hall–Kier alpha value is -1.52. The number of carbonyl (C=O) groups excluding carboxylic acids is 1. The van der Waals surface area contributed by atoms with Crippen LogP contribution in [0.25, 0.3) is 0 Å². The van der Waals surface area contributed by atoms with Gasteiger partial charge in [0.2, 0.25) is 0 Å². The molecule has 0 fully saturated rings. The molecule has 2 rings (SSSR count). The third-order valence-electron chi connectivity index (χ3n) is 2.45. The van der Waals surface area contributed by atoms with Crippen molar-refractivity contribution in [2.24, 2.45) is 0 Å². The van der Waals surface area contributed by atoms with Crippen molar-refractivity contribution in [3.8, 4) is 5.75 Å². The van der Waals surface area contributed by atoms with E-state index in [1.54, 1.807) is 24.3 Å². The summed E-state index contributed by atoms with van der Waals surface area (Å²) in [6.45, 7) is 2.26. The highest BCUT2D eigenvalue weighted by molar-refractivity contribution is 7.16. The summed E-state index contributed by atoms with van der Waals surface area (Å²) in [5.74, 6) is -0.297. The lowest BCUT2D eigenvalue weighted by atomic mass is 10.1. The van der Waals surface area contributed by atoms with Gasteiger partial charge in [0.15, 0.2) is 0 Å². The number of hydrogen-bond donors (Lipinski definition) is 2. The van der Waals surface area contributed by atoms with Gasteiger partial charge in [-0.2, -0.15) is 0 Å². The summed E-state index contributed by atoms with van der Waals surface area (Å²) in [6.07, 6.45) is 0. The van der Waals surface area contributed by atoms with Gasteiger partial charge in [-0.25, -0.2) is 0 Å². The molecule has 1 amide bonds. The van der Waals surface area contributed by atoms with Crippen molar-refractivity contribution < 1.29 is 9.90 Å². The number of halogens is 1. The second kappa shape index (κ2) is 5.42. The van der Waals surface area contributed by atoms with Crippen LogP contribution in [0.2, 0.25) is 4.34 Å². The van der Waals surface area contributed by atoms with Crippen LogP contribution in [0, 0.1) is 6.92 Å². The van der Waals surface area contributed by atoms with Gasteiger partial charge in [0.1, 0.15) is 5.75 Å². The minimum absolute atomic E-state index is 0.00304. The lowest BCUT2D eigenvalue weighted by Crippen LogP contribution is -2.22. The molecule has 0 saturated carbocycles. The fraction of sp³-hybridized carbons (Fsp3) is 0.154. The molecular weight excluding hydrogens is 270 g/mol. The van der Waals surface area contributed by atoms with Crippen molar-refractivity contribution >= 4 is 28.8 Å². The first kappa shape index (κ1) is 12.9. The van der Waals surface area contributed by atoms with Gasteiger partial charge in [-0.3, -0.25) is 4.79 Å². The first-order valence-corrected chi connectivity index (χ1v) is 6.58. The normalized spacial score (nSPS) is 10.3. The van der Waals surface area contributed by atoms with Gasteiger partial charge >= 0.3 is 0 Å². The number of aromatic hydroxyl groups is 1. The smallest absolute Gasteiger partial charge is 0.255 e. The molecule has 94 valence electrons. The molecule has 0 saturated heterocycles. The van der Waals surface area contributed by atoms with Gasteiger partial charge in [0.25, 0.3) is 5.91 Å². The molecule has 0 aliphatic heterocycles. The molecule has 1 heterocycles. The number of benzene rings is 1. The van der Waals surface area contributed by atoms with E-state index in [1.807, 2.05) is 13.0 Å². The number of nitrogens with one attached hydrogen (secondary N) is 1. The maximum Gasteiger partial charge on any atom is 0.255 e. The van der Waals surface area contributed by atoms with E-state index in [0.29, 0.717) is 10.9 Å². The average Bonchev–Trinajstić information content (AvgIpc) is 2.72. The van der Waals surface area contributed by atoms with Crippen molar-refractivity contribution in [3.05, 3.63) is 50.7 Å². The molecule has 0 bridgehead atoms. The summed E-state index contributed by atoms with van der Waals surface area (Å²) < 4.78 is 0.692. The Labute approximate surface area is 114 Å². The lowest BCUT2D eigenvalue weighted by Gasteiger charge is -2.06. The maximum atomic E-state index is 11.9. The lowest BCUT2D eigenvalue weighted by molar-refractivity contribution is 0.0948. The highest BCUT2D eigenvalue weighted by atomic mass is 35.5. The number of thiophene rings is 1. The zero-order valence-electron chi connectivity index (χ0n) is 9.74. The van der Waals surface area contributed by atoms with Gasteiger partial charge in [-0.1, -0.05) is 17.7 Å². The number of rotatable bonds is 3. The highest BCUT2D eigenvalue weighted by Crippen LogP contribution is 2.22. The molecule has 3 nitrogen and oxygen atoms in total. The monoisotopic (exact) mass is 281 g/mol. The van der Waals surface area contributed by atoms with Crippen LogP contribution in [0.15, 0.2) is 30.3 Å². The highest BCUT2D eigenvalue weighted by Gasteiger charge is 2.10. The van der Waals surface area contributed by atoms with Crippen LogP contribution in [-0.4, -0.2) is 11.0 Å². The first-order valence-electron chi connectivity index (χ1n) is 5.38. The molecule has 0 atom stereocenters. The predicted molar refractivity (Wildman–Crippen MR) is 73.3 cm³/mol.